The number of sulfonamides is 1. The van der Waals surface area contributed by atoms with Crippen molar-refractivity contribution < 1.29 is 17.9 Å². The summed E-state index contributed by atoms with van der Waals surface area (Å²) in [4.78, 5) is 31.3. The molecule has 0 unspecified atom stereocenters. The lowest BCUT2D eigenvalue weighted by atomic mass is 9.90. The number of nitrogens with zero attached hydrogens (tertiary/aromatic N) is 2. The quantitative estimate of drug-likeness (QED) is 0.356. The van der Waals surface area contributed by atoms with Gasteiger partial charge in [0.25, 0.3) is 5.56 Å². The van der Waals surface area contributed by atoms with Gasteiger partial charge < -0.3 is 9.72 Å². The fourth-order valence-electron chi connectivity index (χ4n) is 4.53. The van der Waals surface area contributed by atoms with Gasteiger partial charge in [-0.15, -0.1) is 0 Å². The molecule has 1 aliphatic heterocycles. The third-order valence-corrected chi connectivity index (χ3v) is 8.34. The van der Waals surface area contributed by atoms with E-state index in [0.717, 1.165) is 12.8 Å². The number of esters is 1. The van der Waals surface area contributed by atoms with E-state index in [0.29, 0.717) is 68.0 Å². The Morgan fingerprint density at radius 1 is 1.11 bits per heavy atom. The van der Waals surface area contributed by atoms with Crippen LogP contribution in [0.3, 0.4) is 0 Å². The maximum Gasteiger partial charge on any atom is 0.305 e. The predicted octanol–water partition coefficient (Wildman–Crippen LogP) is 3.77. The summed E-state index contributed by atoms with van der Waals surface area (Å²) < 4.78 is 33.1. The Kier molecular flexibility index (Phi) is 7.97. The number of piperidine rings is 1. The molecule has 1 N–H and O–H groups in total. The van der Waals surface area contributed by atoms with E-state index in [1.54, 1.807) is 13.0 Å². The molecule has 3 aromatic rings. The molecule has 9 heteroatoms. The molecule has 0 atom stereocenters. The second-order valence-corrected chi connectivity index (χ2v) is 10.7. The molecule has 35 heavy (non-hydrogen) atoms. The van der Waals surface area contributed by atoms with Crippen LogP contribution < -0.4 is 5.56 Å². The molecule has 0 bridgehead atoms. The van der Waals surface area contributed by atoms with E-state index in [1.807, 2.05) is 18.2 Å². The van der Waals surface area contributed by atoms with Gasteiger partial charge in [-0.25, -0.2) is 13.4 Å². The third kappa shape index (κ3) is 5.97. The molecule has 8 nitrogen and oxygen atoms in total. The van der Waals surface area contributed by atoms with Crippen LogP contribution in [0.25, 0.3) is 11.0 Å². The van der Waals surface area contributed by atoms with Crippen LogP contribution >= 0.6 is 0 Å². The van der Waals surface area contributed by atoms with Crippen molar-refractivity contribution in [1.29, 1.82) is 0 Å². The molecule has 1 saturated heterocycles. The van der Waals surface area contributed by atoms with E-state index < -0.39 is 10.0 Å². The van der Waals surface area contributed by atoms with Crippen LogP contribution in [-0.2, 0) is 26.0 Å². The van der Waals surface area contributed by atoms with E-state index in [1.165, 1.54) is 22.0 Å². The highest BCUT2D eigenvalue weighted by Crippen LogP contribution is 2.31. The molecule has 1 aromatic heterocycles. The van der Waals surface area contributed by atoms with Gasteiger partial charge >= 0.3 is 5.97 Å². The summed E-state index contributed by atoms with van der Waals surface area (Å²) in [7, 11) is -3.67. The van der Waals surface area contributed by atoms with Crippen molar-refractivity contribution in [3.8, 4) is 0 Å². The molecular weight excluding hydrogens is 466 g/mol. The molecule has 0 amide bonds. The van der Waals surface area contributed by atoms with Crippen molar-refractivity contribution in [2.75, 3.05) is 19.7 Å². The summed E-state index contributed by atoms with van der Waals surface area (Å²) in [6, 6.07) is 14.9. The Balaban J connectivity index is 1.45. The molecule has 0 radical (unpaired) electrons. The smallest absolute Gasteiger partial charge is 0.305 e. The fraction of sp³-hybridized carbons (Fsp3) is 0.423. The average Bonchev–Trinajstić information content (AvgIpc) is 2.87. The van der Waals surface area contributed by atoms with Crippen LogP contribution in [0.2, 0.25) is 0 Å². The van der Waals surface area contributed by atoms with Crippen LogP contribution in [0.15, 0.2) is 58.2 Å². The molecule has 0 aliphatic carbocycles. The Hall–Kier alpha value is -3.04. The SMILES string of the molecule is CCOC(=O)CCCCc1nc2cc(S(=O)(=O)N3CCC(c4ccccc4)CC3)ccc2[nH]c1=O. The summed E-state index contributed by atoms with van der Waals surface area (Å²) in [6.07, 6.45) is 3.44. The van der Waals surface area contributed by atoms with Crippen molar-refractivity contribution in [1.82, 2.24) is 14.3 Å². The number of carbonyl (C=O) groups excluding carboxylic acids is 1. The van der Waals surface area contributed by atoms with Crippen LogP contribution in [-0.4, -0.2) is 48.4 Å². The Bertz CT molecular complexity index is 1330. The lowest BCUT2D eigenvalue weighted by Gasteiger charge is -2.31. The van der Waals surface area contributed by atoms with Crippen LogP contribution in [0, 0.1) is 0 Å². The number of aryl methyl sites for hydroxylation is 1. The zero-order valence-corrected chi connectivity index (χ0v) is 20.7. The average molecular weight is 498 g/mol. The first-order chi connectivity index (χ1) is 16.9. The van der Waals surface area contributed by atoms with Crippen molar-refractivity contribution >= 4 is 27.0 Å². The summed E-state index contributed by atoms with van der Waals surface area (Å²) >= 11 is 0. The summed E-state index contributed by atoms with van der Waals surface area (Å²) in [6.45, 7) is 3.04. The summed E-state index contributed by atoms with van der Waals surface area (Å²) in [5.74, 6) is 0.105. The molecule has 2 aromatic carbocycles. The number of unbranched alkanes of at least 4 members (excludes halogenated alkanes) is 1. The van der Waals surface area contributed by atoms with Gasteiger partial charge in [0.1, 0.15) is 5.69 Å². The van der Waals surface area contributed by atoms with E-state index in [4.69, 9.17) is 4.74 Å². The highest BCUT2D eigenvalue weighted by Gasteiger charge is 2.30. The molecule has 2 heterocycles. The van der Waals surface area contributed by atoms with E-state index in [9.17, 15) is 18.0 Å². The number of aromatic amines is 1. The van der Waals surface area contributed by atoms with Crippen LogP contribution in [0.4, 0.5) is 0 Å². The minimum Gasteiger partial charge on any atom is -0.466 e. The topological polar surface area (TPSA) is 109 Å². The van der Waals surface area contributed by atoms with Gasteiger partial charge in [-0.2, -0.15) is 4.31 Å². The normalized spacial score (nSPS) is 15.3. The second kappa shape index (κ2) is 11.1. The number of H-pyrrole nitrogens is 1. The van der Waals surface area contributed by atoms with Crippen LogP contribution in [0.1, 0.15) is 56.2 Å². The zero-order chi connectivity index (χ0) is 24.8. The van der Waals surface area contributed by atoms with Gasteiger partial charge in [-0.1, -0.05) is 30.3 Å². The lowest BCUT2D eigenvalue weighted by Crippen LogP contribution is -2.37. The van der Waals surface area contributed by atoms with E-state index >= 15 is 0 Å². The maximum absolute atomic E-state index is 13.3. The maximum atomic E-state index is 13.3. The van der Waals surface area contributed by atoms with Gasteiger partial charge in [0.15, 0.2) is 0 Å². The van der Waals surface area contributed by atoms with Crippen molar-refractivity contribution in [2.24, 2.45) is 0 Å². The molecule has 0 saturated carbocycles. The fourth-order valence-corrected chi connectivity index (χ4v) is 6.02. The monoisotopic (exact) mass is 497 g/mol. The van der Waals surface area contributed by atoms with Crippen LogP contribution in [0.5, 0.6) is 0 Å². The molecule has 186 valence electrons. The predicted molar refractivity (Wildman–Crippen MR) is 134 cm³/mol. The largest absolute Gasteiger partial charge is 0.466 e. The molecule has 1 aliphatic rings. The summed E-state index contributed by atoms with van der Waals surface area (Å²) in [5, 5.41) is 0. The molecule has 4 rings (SSSR count). The minimum absolute atomic E-state index is 0.177. The number of nitrogens with one attached hydrogen (secondary N) is 1. The standard InChI is InChI=1S/C26H31N3O5S/c1-2-34-25(30)11-7-6-10-23-26(31)28-22-13-12-21(18-24(22)27-23)35(32,33)29-16-14-20(15-17-29)19-8-4-3-5-9-19/h3-5,8-9,12-13,18,20H,2,6-7,10-11,14-17H2,1H3,(H,28,31). The minimum atomic E-state index is -3.67. The van der Waals surface area contributed by atoms with Crippen molar-refractivity contribution in [3.63, 3.8) is 0 Å². The third-order valence-electron chi connectivity index (χ3n) is 6.45. The van der Waals surface area contributed by atoms with Crippen molar-refractivity contribution in [3.05, 3.63) is 70.1 Å². The molecule has 0 spiro atoms. The number of benzene rings is 2. The number of hydrogen-bond acceptors (Lipinski definition) is 6. The highest BCUT2D eigenvalue weighted by molar-refractivity contribution is 7.89. The summed E-state index contributed by atoms with van der Waals surface area (Å²) in [5.41, 5.74) is 2.21. The number of ether oxygens (including phenoxy) is 1. The van der Waals surface area contributed by atoms with Crippen molar-refractivity contribution in [2.45, 2.75) is 56.3 Å². The number of fused-ring (bicyclic) bond motifs is 1. The Morgan fingerprint density at radius 2 is 1.86 bits per heavy atom. The van der Waals surface area contributed by atoms with Gasteiger partial charge in [-0.3, -0.25) is 9.59 Å². The first-order valence-electron chi connectivity index (χ1n) is 12.1. The number of rotatable bonds is 9. The second-order valence-electron chi connectivity index (χ2n) is 8.79. The highest BCUT2D eigenvalue weighted by atomic mass is 32.2. The Labute approximate surface area is 205 Å². The zero-order valence-electron chi connectivity index (χ0n) is 19.9. The van der Waals surface area contributed by atoms with Gasteiger partial charge in [0.05, 0.1) is 22.5 Å². The Morgan fingerprint density at radius 3 is 2.57 bits per heavy atom. The number of aromatic nitrogens is 2. The number of hydrogen-bond donors (Lipinski definition) is 1. The van der Waals surface area contributed by atoms with Gasteiger partial charge in [0, 0.05) is 19.5 Å². The number of carbonyl (C=O) groups is 1. The first kappa shape index (κ1) is 25.1. The van der Waals surface area contributed by atoms with Gasteiger partial charge in [-0.05, 0) is 68.7 Å². The molecule has 1 fully saturated rings. The molecular formula is C26H31N3O5S. The van der Waals surface area contributed by atoms with E-state index in [-0.39, 0.29) is 16.4 Å². The lowest BCUT2D eigenvalue weighted by molar-refractivity contribution is -0.143. The van der Waals surface area contributed by atoms with Gasteiger partial charge in [0.2, 0.25) is 10.0 Å². The van der Waals surface area contributed by atoms with E-state index in [2.05, 4.69) is 22.1 Å². The first-order valence-corrected chi connectivity index (χ1v) is 13.6.